The number of hydrogen-bond donors (Lipinski definition) is 1. The van der Waals surface area contributed by atoms with Gasteiger partial charge in [0.1, 0.15) is 11.5 Å². The summed E-state index contributed by atoms with van der Waals surface area (Å²) in [6.07, 6.45) is 0.116. The highest BCUT2D eigenvalue weighted by molar-refractivity contribution is 6.32. The molecule has 1 atom stereocenters. The zero-order chi connectivity index (χ0) is 14.5. The Morgan fingerprint density at radius 3 is 2.45 bits per heavy atom. The van der Waals surface area contributed by atoms with Crippen molar-refractivity contribution in [3.63, 3.8) is 0 Å². The number of para-hydroxylation sites is 1. The molecule has 0 heterocycles. The first-order chi connectivity index (χ1) is 9.56. The summed E-state index contributed by atoms with van der Waals surface area (Å²) in [6, 6.07) is 14.6. The van der Waals surface area contributed by atoms with Crippen LogP contribution >= 0.6 is 11.6 Å². The fourth-order valence-corrected chi connectivity index (χ4v) is 2.07. The second-order valence-electron chi connectivity index (χ2n) is 4.60. The zero-order valence-electron chi connectivity index (χ0n) is 11.0. The van der Waals surface area contributed by atoms with Crippen molar-refractivity contribution >= 4 is 17.6 Å². The highest BCUT2D eigenvalue weighted by Crippen LogP contribution is 2.30. The van der Waals surface area contributed by atoms with E-state index in [0.717, 1.165) is 5.56 Å². The maximum Gasteiger partial charge on any atom is 0.303 e. The first-order valence-corrected chi connectivity index (χ1v) is 6.68. The Morgan fingerprint density at radius 2 is 1.85 bits per heavy atom. The van der Waals surface area contributed by atoms with Gasteiger partial charge in [-0.1, -0.05) is 42.8 Å². The number of carboxylic acids is 1. The van der Waals surface area contributed by atoms with Crippen molar-refractivity contribution in [3.05, 3.63) is 59.1 Å². The van der Waals surface area contributed by atoms with Gasteiger partial charge in [-0.25, -0.2) is 0 Å². The Balaban J connectivity index is 2.09. The van der Waals surface area contributed by atoms with E-state index in [4.69, 9.17) is 21.4 Å². The van der Waals surface area contributed by atoms with E-state index in [9.17, 15) is 4.79 Å². The van der Waals surface area contributed by atoms with Crippen molar-refractivity contribution in [2.24, 2.45) is 0 Å². The molecule has 0 saturated heterocycles. The summed E-state index contributed by atoms with van der Waals surface area (Å²) in [7, 11) is 0. The molecule has 2 aromatic rings. The number of carboxylic acid groups (broad SMARTS) is 1. The summed E-state index contributed by atoms with van der Waals surface area (Å²) in [6.45, 7) is 1.89. The molecule has 20 heavy (non-hydrogen) atoms. The molecular formula is C16H15ClO3. The van der Waals surface area contributed by atoms with Gasteiger partial charge < -0.3 is 9.84 Å². The largest absolute Gasteiger partial charge is 0.481 e. The Bertz CT molecular complexity index is 593. The maximum atomic E-state index is 10.7. The van der Waals surface area contributed by atoms with Gasteiger partial charge in [0.15, 0.2) is 0 Å². The predicted molar refractivity (Wildman–Crippen MR) is 78.6 cm³/mol. The van der Waals surface area contributed by atoms with E-state index >= 15 is 0 Å². The summed E-state index contributed by atoms with van der Waals surface area (Å²) in [5.74, 6) is 0.445. The van der Waals surface area contributed by atoms with Crippen molar-refractivity contribution in [1.82, 2.24) is 0 Å². The van der Waals surface area contributed by atoms with Crippen molar-refractivity contribution in [1.29, 1.82) is 0 Å². The topological polar surface area (TPSA) is 46.5 Å². The minimum atomic E-state index is -0.797. The third-order valence-electron chi connectivity index (χ3n) is 2.99. The van der Waals surface area contributed by atoms with Gasteiger partial charge in [-0.2, -0.15) is 0 Å². The number of hydrogen-bond acceptors (Lipinski definition) is 2. The molecule has 2 aromatic carbocycles. The molecule has 0 radical (unpaired) electrons. The molecule has 2 rings (SSSR count). The van der Waals surface area contributed by atoms with Gasteiger partial charge in [-0.05, 0) is 35.7 Å². The fraction of sp³-hybridized carbons (Fsp3) is 0.188. The molecule has 0 aliphatic carbocycles. The van der Waals surface area contributed by atoms with Gasteiger partial charge in [0.25, 0.3) is 0 Å². The molecule has 0 amide bonds. The molecule has 0 aliphatic rings. The normalized spacial score (nSPS) is 11.9. The molecule has 1 unspecified atom stereocenters. The lowest BCUT2D eigenvalue weighted by Crippen LogP contribution is -2.02. The molecule has 1 N–H and O–H groups in total. The van der Waals surface area contributed by atoms with E-state index < -0.39 is 5.97 Å². The Labute approximate surface area is 122 Å². The van der Waals surface area contributed by atoms with Gasteiger partial charge in [0.2, 0.25) is 0 Å². The second kappa shape index (κ2) is 6.44. The standard InChI is InChI=1S/C16H15ClO3/c1-11(10-16(18)19)12-6-8-13(9-7-12)20-15-5-3-2-4-14(15)17/h2-9,11H,10H2,1H3,(H,18,19). The maximum absolute atomic E-state index is 10.7. The van der Waals surface area contributed by atoms with Gasteiger partial charge in [0, 0.05) is 0 Å². The average molecular weight is 291 g/mol. The predicted octanol–water partition coefficient (Wildman–Crippen LogP) is 4.71. The van der Waals surface area contributed by atoms with E-state index in [1.807, 2.05) is 43.3 Å². The summed E-state index contributed by atoms with van der Waals surface area (Å²) >= 11 is 6.02. The van der Waals surface area contributed by atoms with Crippen LogP contribution in [-0.4, -0.2) is 11.1 Å². The van der Waals surface area contributed by atoms with Crippen LogP contribution in [0.5, 0.6) is 11.5 Å². The summed E-state index contributed by atoms with van der Waals surface area (Å²) in [5, 5.41) is 9.34. The molecule has 0 aliphatic heterocycles. The average Bonchev–Trinajstić information content (AvgIpc) is 2.41. The molecule has 104 valence electrons. The van der Waals surface area contributed by atoms with Crippen LogP contribution in [0.2, 0.25) is 5.02 Å². The van der Waals surface area contributed by atoms with Gasteiger partial charge in [-0.15, -0.1) is 0 Å². The number of benzene rings is 2. The lowest BCUT2D eigenvalue weighted by molar-refractivity contribution is -0.137. The van der Waals surface area contributed by atoms with Crippen LogP contribution in [0.3, 0.4) is 0 Å². The number of halogens is 1. The van der Waals surface area contributed by atoms with Crippen molar-refractivity contribution in [2.75, 3.05) is 0 Å². The van der Waals surface area contributed by atoms with Crippen LogP contribution in [0.15, 0.2) is 48.5 Å². The summed E-state index contributed by atoms with van der Waals surface area (Å²) in [4.78, 5) is 10.7. The summed E-state index contributed by atoms with van der Waals surface area (Å²) < 4.78 is 5.68. The Morgan fingerprint density at radius 1 is 1.20 bits per heavy atom. The zero-order valence-corrected chi connectivity index (χ0v) is 11.8. The van der Waals surface area contributed by atoms with Crippen molar-refractivity contribution in [3.8, 4) is 11.5 Å². The molecule has 0 saturated carbocycles. The third kappa shape index (κ3) is 3.75. The first-order valence-electron chi connectivity index (χ1n) is 6.30. The minimum Gasteiger partial charge on any atom is -0.481 e. The lowest BCUT2D eigenvalue weighted by Gasteiger charge is -2.11. The molecular weight excluding hydrogens is 276 g/mol. The quantitative estimate of drug-likeness (QED) is 0.867. The van der Waals surface area contributed by atoms with Crippen molar-refractivity contribution in [2.45, 2.75) is 19.3 Å². The van der Waals surface area contributed by atoms with Crippen LogP contribution in [0, 0.1) is 0 Å². The molecule has 0 fully saturated rings. The Hall–Kier alpha value is -2.00. The lowest BCUT2D eigenvalue weighted by atomic mass is 9.98. The van der Waals surface area contributed by atoms with Crippen LogP contribution in [0.25, 0.3) is 0 Å². The van der Waals surface area contributed by atoms with Gasteiger partial charge in [0.05, 0.1) is 11.4 Å². The van der Waals surface area contributed by atoms with E-state index in [1.54, 1.807) is 12.1 Å². The van der Waals surface area contributed by atoms with Crippen LogP contribution in [0.1, 0.15) is 24.8 Å². The number of ether oxygens (including phenoxy) is 1. The first kappa shape index (κ1) is 14.4. The number of rotatable bonds is 5. The summed E-state index contributed by atoms with van der Waals surface area (Å²) in [5.41, 5.74) is 0.971. The SMILES string of the molecule is CC(CC(=O)O)c1ccc(Oc2ccccc2Cl)cc1. The monoisotopic (exact) mass is 290 g/mol. The van der Waals surface area contributed by atoms with E-state index in [2.05, 4.69) is 0 Å². The highest BCUT2D eigenvalue weighted by atomic mass is 35.5. The third-order valence-corrected chi connectivity index (χ3v) is 3.31. The second-order valence-corrected chi connectivity index (χ2v) is 5.01. The van der Waals surface area contributed by atoms with Crippen LogP contribution in [-0.2, 0) is 4.79 Å². The van der Waals surface area contributed by atoms with Crippen molar-refractivity contribution < 1.29 is 14.6 Å². The molecule has 3 nitrogen and oxygen atoms in total. The van der Waals surface area contributed by atoms with E-state index in [1.165, 1.54) is 0 Å². The van der Waals surface area contributed by atoms with Crippen LogP contribution in [0.4, 0.5) is 0 Å². The smallest absolute Gasteiger partial charge is 0.303 e. The van der Waals surface area contributed by atoms with Crippen LogP contribution < -0.4 is 4.74 Å². The Kier molecular flexibility index (Phi) is 4.64. The van der Waals surface area contributed by atoms with E-state index in [0.29, 0.717) is 16.5 Å². The minimum absolute atomic E-state index is 0.0261. The number of aliphatic carboxylic acids is 1. The molecule has 0 spiro atoms. The number of carbonyl (C=O) groups is 1. The molecule has 0 bridgehead atoms. The van der Waals surface area contributed by atoms with Gasteiger partial charge >= 0.3 is 5.97 Å². The highest BCUT2D eigenvalue weighted by Gasteiger charge is 2.10. The fourth-order valence-electron chi connectivity index (χ4n) is 1.90. The molecule has 4 heteroatoms. The van der Waals surface area contributed by atoms with Gasteiger partial charge in [-0.3, -0.25) is 4.79 Å². The van der Waals surface area contributed by atoms with E-state index in [-0.39, 0.29) is 12.3 Å². The molecule has 0 aromatic heterocycles.